The molecule has 0 radical (unpaired) electrons. The molecule has 0 aromatic heterocycles. The van der Waals surface area contributed by atoms with Gasteiger partial charge >= 0.3 is 11.9 Å². The van der Waals surface area contributed by atoms with Gasteiger partial charge in [0.1, 0.15) is 0 Å². The maximum absolute atomic E-state index is 12.1. The fourth-order valence-corrected chi connectivity index (χ4v) is 3.40. The minimum atomic E-state index is -1.40. The number of para-hydroxylation sites is 1. The van der Waals surface area contributed by atoms with E-state index in [2.05, 4.69) is 0 Å². The van der Waals surface area contributed by atoms with E-state index >= 15 is 0 Å². The number of allylic oxidation sites excluding steroid dienone is 2. The third-order valence-electron chi connectivity index (χ3n) is 4.80. The maximum atomic E-state index is 12.1. The van der Waals surface area contributed by atoms with Crippen LogP contribution in [0.5, 0.6) is 0 Å². The van der Waals surface area contributed by atoms with Crippen LogP contribution in [0, 0.1) is 10.1 Å². The normalized spacial score (nSPS) is 15.0. The van der Waals surface area contributed by atoms with Crippen molar-refractivity contribution in [2.24, 2.45) is 0 Å². The molecule has 9 nitrogen and oxygen atoms in total. The van der Waals surface area contributed by atoms with Gasteiger partial charge in [-0.2, -0.15) is 0 Å². The van der Waals surface area contributed by atoms with E-state index in [1.54, 1.807) is 6.92 Å². The quantitative estimate of drug-likeness (QED) is 0.537. The number of nitro benzene ring substituents is 1. The summed E-state index contributed by atoms with van der Waals surface area (Å²) in [6.07, 6.45) is 0.204. The molecular weight excluding hydrogens is 368 g/mol. The van der Waals surface area contributed by atoms with Crippen LogP contribution in [0.3, 0.4) is 0 Å². The predicted octanol–water partition coefficient (Wildman–Crippen LogP) is 2.69. The molecule has 1 heterocycles. The molecule has 9 heteroatoms. The summed E-state index contributed by atoms with van der Waals surface area (Å²) in [5.41, 5.74) is -0.645. The molecule has 148 valence electrons. The van der Waals surface area contributed by atoms with Crippen LogP contribution in [0.2, 0.25) is 0 Å². The summed E-state index contributed by atoms with van der Waals surface area (Å²) in [5, 5.41) is 31.1. The first-order valence-electron chi connectivity index (χ1n) is 8.52. The average molecular weight is 388 g/mol. The number of nitrogens with zero attached hydrogens (tertiary/aromatic N) is 2. The maximum Gasteiger partial charge on any atom is 0.334 e. The zero-order chi connectivity index (χ0) is 21.2. The second kappa shape index (κ2) is 8.03. The molecule has 1 aromatic carbocycles. The third kappa shape index (κ3) is 3.64. The number of aliphatic carboxylic acids is 2. The smallest absolute Gasteiger partial charge is 0.334 e. The number of hydrogen-bond acceptors (Lipinski definition) is 6. The van der Waals surface area contributed by atoms with Crippen LogP contribution in [-0.4, -0.2) is 44.3 Å². The highest BCUT2D eigenvalue weighted by atomic mass is 16.6. The summed E-state index contributed by atoms with van der Waals surface area (Å²) in [6.45, 7) is 4.41. The van der Waals surface area contributed by atoms with Crippen molar-refractivity contribution in [1.29, 1.82) is 0 Å². The van der Waals surface area contributed by atoms with Crippen molar-refractivity contribution in [2.45, 2.75) is 33.1 Å². The first-order valence-corrected chi connectivity index (χ1v) is 8.52. The fourth-order valence-electron chi connectivity index (χ4n) is 3.40. The molecule has 0 saturated heterocycles. The second-order valence-corrected chi connectivity index (χ2v) is 6.34. The molecule has 0 amide bonds. The number of hydrogen-bond donors (Lipinski definition) is 2. The number of benzene rings is 1. The van der Waals surface area contributed by atoms with Crippen molar-refractivity contribution in [1.82, 2.24) is 4.90 Å². The van der Waals surface area contributed by atoms with Crippen LogP contribution in [0.1, 0.15) is 38.7 Å². The summed E-state index contributed by atoms with van der Waals surface area (Å²) >= 11 is 0. The number of nitro groups is 1. The van der Waals surface area contributed by atoms with Crippen LogP contribution in [0.4, 0.5) is 5.69 Å². The molecule has 0 unspecified atom stereocenters. The standard InChI is InChI=1S/C19H20N2O7/c1-4-12(22)9-20-10(2)15(18(23)24)17(16(11(20)3)19(25)26)13-7-5-6-8-14(13)21(27)28/h5-8,17H,4,9H2,1-3H3,(H,23,24)(H,25,26). The molecule has 1 aliphatic heterocycles. The van der Waals surface area contributed by atoms with E-state index in [0.717, 1.165) is 0 Å². The molecule has 0 aliphatic carbocycles. The number of carbonyl (C=O) groups excluding carboxylic acids is 1. The zero-order valence-corrected chi connectivity index (χ0v) is 15.6. The van der Waals surface area contributed by atoms with Gasteiger partial charge < -0.3 is 15.1 Å². The lowest BCUT2D eigenvalue weighted by molar-refractivity contribution is -0.385. The van der Waals surface area contributed by atoms with E-state index in [0.29, 0.717) is 0 Å². The SMILES string of the molecule is CCC(=O)CN1C(C)=C(C(=O)O)C(c2ccccc2[N+](=O)[O-])C(C(=O)O)=C1C. The van der Waals surface area contributed by atoms with Gasteiger partial charge in [-0.3, -0.25) is 14.9 Å². The van der Waals surface area contributed by atoms with Crippen molar-refractivity contribution < 1.29 is 29.5 Å². The van der Waals surface area contributed by atoms with Gasteiger partial charge in [0.2, 0.25) is 0 Å². The Kier molecular flexibility index (Phi) is 5.97. The van der Waals surface area contributed by atoms with Gasteiger partial charge in [-0.05, 0) is 13.8 Å². The van der Waals surface area contributed by atoms with Crippen LogP contribution in [-0.2, 0) is 14.4 Å². The Morgan fingerprint density at radius 2 is 1.57 bits per heavy atom. The lowest BCUT2D eigenvalue weighted by Crippen LogP contribution is -2.37. The van der Waals surface area contributed by atoms with Gasteiger partial charge in [0.15, 0.2) is 5.78 Å². The summed E-state index contributed by atoms with van der Waals surface area (Å²) in [5.74, 6) is -4.34. The number of ketones is 1. The highest BCUT2D eigenvalue weighted by Gasteiger charge is 2.42. The number of carboxylic acid groups (broad SMARTS) is 2. The summed E-state index contributed by atoms with van der Waals surface area (Å²) in [6, 6.07) is 5.46. The van der Waals surface area contributed by atoms with Crippen LogP contribution >= 0.6 is 0 Å². The molecule has 2 rings (SSSR count). The number of carbonyl (C=O) groups is 3. The van der Waals surface area contributed by atoms with E-state index in [9.17, 15) is 34.7 Å². The highest BCUT2D eigenvalue weighted by molar-refractivity contribution is 5.99. The first kappa shape index (κ1) is 20.8. The zero-order valence-electron chi connectivity index (χ0n) is 15.6. The predicted molar refractivity (Wildman–Crippen MR) is 98.5 cm³/mol. The van der Waals surface area contributed by atoms with E-state index in [1.165, 1.54) is 43.0 Å². The molecule has 1 aromatic rings. The van der Waals surface area contributed by atoms with E-state index < -0.39 is 22.8 Å². The van der Waals surface area contributed by atoms with Gasteiger partial charge in [0.25, 0.3) is 5.69 Å². The van der Waals surface area contributed by atoms with Crippen molar-refractivity contribution in [3.63, 3.8) is 0 Å². The second-order valence-electron chi connectivity index (χ2n) is 6.34. The fraction of sp³-hybridized carbons (Fsp3) is 0.316. The lowest BCUT2D eigenvalue weighted by Gasteiger charge is -2.36. The Morgan fingerprint density at radius 1 is 1.07 bits per heavy atom. The first-order chi connectivity index (χ1) is 13.1. The Balaban J connectivity index is 2.83. The topological polar surface area (TPSA) is 138 Å². The van der Waals surface area contributed by atoms with Gasteiger partial charge in [-0.1, -0.05) is 25.1 Å². The van der Waals surface area contributed by atoms with Gasteiger partial charge in [-0.25, -0.2) is 9.59 Å². The molecular formula is C19H20N2O7. The molecule has 0 bridgehead atoms. The van der Waals surface area contributed by atoms with E-state index in [4.69, 9.17) is 0 Å². The van der Waals surface area contributed by atoms with Crippen molar-refractivity contribution >= 4 is 23.4 Å². The van der Waals surface area contributed by atoms with E-state index in [-0.39, 0.29) is 52.5 Å². The number of Topliss-reactive ketones (excluding diaryl/α,β-unsaturated/α-hetero) is 1. The Hall–Kier alpha value is -3.49. The molecule has 0 spiro atoms. The van der Waals surface area contributed by atoms with Crippen LogP contribution < -0.4 is 0 Å². The molecule has 0 fully saturated rings. The molecule has 1 aliphatic rings. The summed E-state index contributed by atoms with van der Waals surface area (Å²) in [7, 11) is 0. The Labute approximate surface area is 160 Å². The van der Waals surface area contributed by atoms with Crippen LogP contribution in [0.15, 0.2) is 46.8 Å². The van der Waals surface area contributed by atoms with Gasteiger partial charge in [0.05, 0.1) is 28.5 Å². The van der Waals surface area contributed by atoms with Crippen molar-refractivity contribution in [2.75, 3.05) is 6.54 Å². The number of carboxylic acids is 2. The van der Waals surface area contributed by atoms with Crippen molar-refractivity contribution in [3.05, 3.63) is 62.5 Å². The van der Waals surface area contributed by atoms with Crippen molar-refractivity contribution in [3.8, 4) is 0 Å². The minimum absolute atomic E-state index is 0.0255. The summed E-state index contributed by atoms with van der Waals surface area (Å²) < 4.78 is 0. The monoisotopic (exact) mass is 388 g/mol. The molecule has 2 N–H and O–H groups in total. The van der Waals surface area contributed by atoms with Gasteiger partial charge in [-0.15, -0.1) is 0 Å². The third-order valence-corrected chi connectivity index (χ3v) is 4.80. The Morgan fingerprint density at radius 3 is 2.00 bits per heavy atom. The summed E-state index contributed by atoms with van der Waals surface area (Å²) in [4.78, 5) is 48.2. The van der Waals surface area contributed by atoms with E-state index in [1.807, 2.05) is 0 Å². The highest BCUT2D eigenvalue weighted by Crippen LogP contribution is 2.44. The molecule has 0 saturated carbocycles. The Bertz CT molecular complexity index is 892. The average Bonchev–Trinajstić information content (AvgIpc) is 2.63. The minimum Gasteiger partial charge on any atom is -0.478 e. The largest absolute Gasteiger partial charge is 0.478 e. The van der Waals surface area contributed by atoms with Crippen LogP contribution in [0.25, 0.3) is 0 Å². The number of rotatable bonds is 7. The van der Waals surface area contributed by atoms with Gasteiger partial charge in [0, 0.05) is 29.4 Å². The molecule has 28 heavy (non-hydrogen) atoms. The lowest BCUT2D eigenvalue weighted by atomic mass is 9.79. The molecule has 0 atom stereocenters.